The minimum atomic E-state index is 0.256. The predicted octanol–water partition coefficient (Wildman–Crippen LogP) is 1.08. The maximum atomic E-state index is 9.25. The average molecular weight is 214 g/mol. The first-order valence-corrected chi connectivity index (χ1v) is 6.32. The third kappa shape index (κ3) is 4.96. The number of hydrogen-bond donors (Lipinski definition) is 2. The van der Waals surface area contributed by atoms with Crippen molar-refractivity contribution in [2.75, 3.05) is 32.8 Å². The fraction of sp³-hybridized carbons (Fsp3) is 1.00. The molecule has 1 unspecified atom stereocenters. The van der Waals surface area contributed by atoms with Crippen LogP contribution in [0.5, 0.6) is 0 Å². The second kappa shape index (κ2) is 7.20. The zero-order valence-corrected chi connectivity index (χ0v) is 10.2. The lowest BCUT2D eigenvalue weighted by Crippen LogP contribution is -2.46. The Kier molecular flexibility index (Phi) is 6.22. The molecule has 0 bridgehead atoms. The fourth-order valence-electron chi connectivity index (χ4n) is 2.09. The van der Waals surface area contributed by atoms with Crippen LogP contribution < -0.4 is 5.32 Å². The van der Waals surface area contributed by atoms with Crippen molar-refractivity contribution in [2.24, 2.45) is 5.92 Å². The molecule has 2 N–H and O–H groups in total. The standard InChI is InChI=1S/C12H26N2O/c1-3-6-13-12(10-15)9-14-7-4-11(2)5-8-14/h11-13,15H,3-10H2,1-2H3. The van der Waals surface area contributed by atoms with E-state index >= 15 is 0 Å². The summed E-state index contributed by atoms with van der Waals surface area (Å²) in [4.78, 5) is 2.48. The number of piperidine rings is 1. The van der Waals surface area contributed by atoms with Gasteiger partial charge in [-0.1, -0.05) is 13.8 Å². The Morgan fingerprint density at radius 1 is 1.40 bits per heavy atom. The smallest absolute Gasteiger partial charge is 0.0597 e. The van der Waals surface area contributed by atoms with E-state index < -0.39 is 0 Å². The second-order valence-electron chi connectivity index (χ2n) is 4.82. The summed E-state index contributed by atoms with van der Waals surface area (Å²) in [5.41, 5.74) is 0. The monoisotopic (exact) mass is 214 g/mol. The van der Waals surface area contributed by atoms with E-state index in [1.165, 1.54) is 25.9 Å². The van der Waals surface area contributed by atoms with Gasteiger partial charge in [0.15, 0.2) is 0 Å². The van der Waals surface area contributed by atoms with Crippen molar-refractivity contribution in [3.8, 4) is 0 Å². The molecule has 3 nitrogen and oxygen atoms in total. The van der Waals surface area contributed by atoms with Crippen LogP contribution in [0.3, 0.4) is 0 Å². The minimum absolute atomic E-state index is 0.256. The molecule has 1 fully saturated rings. The quantitative estimate of drug-likeness (QED) is 0.694. The first-order valence-electron chi connectivity index (χ1n) is 6.32. The number of nitrogens with one attached hydrogen (secondary N) is 1. The summed E-state index contributed by atoms with van der Waals surface area (Å²) in [6.45, 7) is 9.15. The van der Waals surface area contributed by atoms with Crippen molar-refractivity contribution in [1.82, 2.24) is 10.2 Å². The summed E-state index contributed by atoms with van der Waals surface area (Å²) in [7, 11) is 0. The zero-order valence-electron chi connectivity index (χ0n) is 10.2. The van der Waals surface area contributed by atoms with Gasteiger partial charge in [0.25, 0.3) is 0 Å². The van der Waals surface area contributed by atoms with E-state index in [1.54, 1.807) is 0 Å². The molecule has 0 aromatic rings. The molecular formula is C12H26N2O. The number of likely N-dealkylation sites (tertiary alicyclic amines) is 1. The lowest BCUT2D eigenvalue weighted by atomic mass is 9.99. The Morgan fingerprint density at radius 2 is 2.07 bits per heavy atom. The molecule has 1 rings (SSSR count). The van der Waals surface area contributed by atoms with Gasteiger partial charge < -0.3 is 15.3 Å². The number of aliphatic hydroxyl groups excluding tert-OH is 1. The fourth-order valence-corrected chi connectivity index (χ4v) is 2.09. The minimum Gasteiger partial charge on any atom is -0.395 e. The lowest BCUT2D eigenvalue weighted by molar-refractivity contribution is 0.146. The number of aliphatic hydroxyl groups is 1. The summed E-state index contributed by atoms with van der Waals surface area (Å²) in [5, 5.41) is 12.6. The maximum absolute atomic E-state index is 9.25. The first-order chi connectivity index (χ1) is 7.26. The van der Waals surface area contributed by atoms with Crippen LogP contribution in [0, 0.1) is 5.92 Å². The number of nitrogens with zero attached hydrogens (tertiary/aromatic N) is 1. The molecule has 0 spiro atoms. The molecule has 3 heteroatoms. The van der Waals surface area contributed by atoms with Crippen LogP contribution in [-0.4, -0.2) is 48.8 Å². The van der Waals surface area contributed by atoms with Crippen molar-refractivity contribution in [3.63, 3.8) is 0 Å². The Morgan fingerprint density at radius 3 is 2.60 bits per heavy atom. The summed E-state index contributed by atoms with van der Waals surface area (Å²) in [6, 6.07) is 0.262. The average Bonchev–Trinajstić information content (AvgIpc) is 2.27. The van der Waals surface area contributed by atoms with E-state index in [2.05, 4.69) is 24.1 Å². The van der Waals surface area contributed by atoms with Gasteiger partial charge in [-0.2, -0.15) is 0 Å². The molecule has 90 valence electrons. The topological polar surface area (TPSA) is 35.5 Å². The summed E-state index contributed by atoms with van der Waals surface area (Å²) in [6.07, 6.45) is 3.76. The Hall–Kier alpha value is -0.120. The van der Waals surface area contributed by atoms with E-state index in [-0.39, 0.29) is 12.6 Å². The van der Waals surface area contributed by atoms with Crippen molar-refractivity contribution in [1.29, 1.82) is 0 Å². The molecule has 0 aromatic carbocycles. The predicted molar refractivity (Wildman–Crippen MR) is 64.0 cm³/mol. The van der Waals surface area contributed by atoms with Crippen LogP contribution in [0.4, 0.5) is 0 Å². The molecule has 0 aliphatic carbocycles. The Bertz CT molecular complexity index is 153. The molecule has 1 saturated heterocycles. The SMILES string of the molecule is CCCNC(CO)CN1CCC(C)CC1. The van der Waals surface area contributed by atoms with Gasteiger partial charge in [-0.15, -0.1) is 0 Å². The molecule has 1 atom stereocenters. The van der Waals surface area contributed by atoms with Gasteiger partial charge >= 0.3 is 0 Å². The largest absolute Gasteiger partial charge is 0.395 e. The van der Waals surface area contributed by atoms with Crippen molar-refractivity contribution < 1.29 is 5.11 Å². The maximum Gasteiger partial charge on any atom is 0.0597 e. The molecule has 0 aromatic heterocycles. The van der Waals surface area contributed by atoms with E-state index in [0.717, 1.165) is 25.4 Å². The lowest BCUT2D eigenvalue weighted by Gasteiger charge is -2.32. The normalized spacial score (nSPS) is 21.8. The van der Waals surface area contributed by atoms with Gasteiger partial charge in [0.1, 0.15) is 0 Å². The van der Waals surface area contributed by atoms with Crippen molar-refractivity contribution in [2.45, 2.75) is 39.2 Å². The summed E-state index contributed by atoms with van der Waals surface area (Å²) >= 11 is 0. The van der Waals surface area contributed by atoms with Crippen LogP contribution in [-0.2, 0) is 0 Å². The van der Waals surface area contributed by atoms with E-state index in [4.69, 9.17) is 0 Å². The molecule has 15 heavy (non-hydrogen) atoms. The molecule has 1 aliphatic rings. The highest BCUT2D eigenvalue weighted by molar-refractivity contribution is 4.75. The molecule has 0 amide bonds. The van der Waals surface area contributed by atoms with Crippen LogP contribution in [0.1, 0.15) is 33.1 Å². The van der Waals surface area contributed by atoms with Gasteiger partial charge in [-0.3, -0.25) is 0 Å². The molecule has 0 radical (unpaired) electrons. The second-order valence-corrected chi connectivity index (χ2v) is 4.82. The van der Waals surface area contributed by atoms with Gasteiger partial charge in [-0.05, 0) is 44.8 Å². The Balaban J connectivity index is 2.19. The van der Waals surface area contributed by atoms with Gasteiger partial charge in [0.2, 0.25) is 0 Å². The van der Waals surface area contributed by atoms with E-state index in [0.29, 0.717) is 0 Å². The first kappa shape index (κ1) is 12.9. The zero-order chi connectivity index (χ0) is 11.1. The van der Waals surface area contributed by atoms with Crippen molar-refractivity contribution >= 4 is 0 Å². The van der Waals surface area contributed by atoms with Crippen molar-refractivity contribution in [3.05, 3.63) is 0 Å². The summed E-state index contributed by atoms with van der Waals surface area (Å²) < 4.78 is 0. The van der Waals surface area contributed by atoms with Crippen LogP contribution in [0.15, 0.2) is 0 Å². The van der Waals surface area contributed by atoms with Gasteiger partial charge in [0, 0.05) is 12.6 Å². The highest BCUT2D eigenvalue weighted by Crippen LogP contribution is 2.15. The van der Waals surface area contributed by atoms with Crippen LogP contribution >= 0.6 is 0 Å². The molecule has 0 saturated carbocycles. The molecule has 1 heterocycles. The third-order valence-electron chi connectivity index (χ3n) is 3.26. The third-order valence-corrected chi connectivity index (χ3v) is 3.26. The number of hydrogen-bond acceptors (Lipinski definition) is 3. The van der Waals surface area contributed by atoms with Gasteiger partial charge in [-0.25, -0.2) is 0 Å². The van der Waals surface area contributed by atoms with E-state index in [1.807, 2.05) is 0 Å². The molecule has 1 aliphatic heterocycles. The highest BCUT2D eigenvalue weighted by atomic mass is 16.3. The Labute approximate surface area is 93.9 Å². The highest BCUT2D eigenvalue weighted by Gasteiger charge is 2.18. The van der Waals surface area contributed by atoms with Gasteiger partial charge in [0.05, 0.1) is 6.61 Å². The van der Waals surface area contributed by atoms with E-state index in [9.17, 15) is 5.11 Å². The molecular weight excluding hydrogens is 188 g/mol. The van der Waals surface area contributed by atoms with Crippen LogP contribution in [0.2, 0.25) is 0 Å². The summed E-state index contributed by atoms with van der Waals surface area (Å²) in [5.74, 6) is 0.887. The van der Waals surface area contributed by atoms with Crippen LogP contribution in [0.25, 0.3) is 0 Å². The number of rotatable bonds is 6.